The molecular weight excluding hydrogens is 450 g/mol. The fraction of sp³-hybridized carbons (Fsp3) is 0.167. The third-order valence-corrected chi connectivity index (χ3v) is 6.18. The summed E-state index contributed by atoms with van der Waals surface area (Å²) in [4.78, 5) is 25.2. The van der Waals surface area contributed by atoms with Crippen molar-refractivity contribution in [1.82, 2.24) is 4.90 Å². The zero-order valence-electron chi connectivity index (χ0n) is 14.3. The Morgan fingerprint density at radius 2 is 1.97 bits per heavy atom. The van der Waals surface area contributed by atoms with Gasteiger partial charge in [-0.25, -0.2) is 4.39 Å². The van der Waals surface area contributed by atoms with Crippen LogP contribution in [0.15, 0.2) is 34.6 Å². The maximum atomic E-state index is 13.5. The molecule has 4 nitrogen and oxygen atoms in total. The molecule has 0 aliphatic carbocycles. The Morgan fingerprint density at radius 1 is 1.24 bits per heavy atom. The molecule has 0 radical (unpaired) electrons. The molecule has 0 atom stereocenters. The Labute approximate surface area is 175 Å². The lowest BCUT2D eigenvalue weighted by Gasteiger charge is -2.12. The SMILES string of the molecule is O=C(O)CCN1C(=O)C(=Cc2cc(-c3ccc(F)c(C(F)(F)F)c3)cs2)SC1=S. The van der Waals surface area contributed by atoms with E-state index in [2.05, 4.69) is 0 Å². The van der Waals surface area contributed by atoms with Gasteiger partial charge in [0.1, 0.15) is 10.1 Å². The van der Waals surface area contributed by atoms with Crippen LogP contribution in [0.5, 0.6) is 0 Å². The van der Waals surface area contributed by atoms with Gasteiger partial charge in [0.05, 0.1) is 16.9 Å². The van der Waals surface area contributed by atoms with Crippen LogP contribution in [-0.2, 0) is 15.8 Å². The molecule has 1 aromatic heterocycles. The first-order valence-corrected chi connectivity index (χ1v) is 10.1. The number of halogens is 4. The number of carboxylic acids is 1. The largest absolute Gasteiger partial charge is 0.481 e. The maximum absolute atomic E-state index is 13.5. The zero-order chi connectivity index (χ0) is 21.3. The first-order chi connectivity index (χ1) is 13.6. The molecule has 2 heterocycles. The number of carbonyl (C=O) groups excluding carboxylic acids is 1. The highest BCUT2D eigenvalue weighted by molar-refractivity contribution is 8.26. The zero-order valence-corrected chi connectivity index (χ0v) is 16.8. The van der Waals surface area contributed by atoms with Gasteiger partial charge in [0.15, 0.2) is 0 Å². The second-order valence-corrected chi connectivity index (χ2v) is 8.53. The number of amides is 1. The van der Waals surface area contributed by atoms with Gasteiger partial charge in [-0.2, -0.15) is 13.2 Å². The Bertz CT molecular complexity index is 1030. The maximum Gasteiger partial charge on any atom is 0.419 e. The minimum Gasteiger partial charge on any atom is -0.481 e. The van der Waals surface area contributed by atoms with Crippen LogP contribution in [0.3, 0.4) is 0 Å². The van der Waals surface area contributed by atoms with Crippen molar-refractivity contribution in [1.29, 1.82) is 0 Å². The number of hydrogen-bond acceptors (Lipinski definition) is 5. The smallest absolute Gasteiger partial charge is 0.419 e. The summed E-state index contributed by atoms with van der Waals surface area (Å²) in [6.07, 6.45) is -3.50. The number of benzene rings is 1. The van der Waals surface area contributed by atoms with Crippen molar-refractivity contribution in [2.24, 2.45) is 0 Å². The third-order valence-electron chi connectivity index (χ3n) is 3.92. The molecule has 1 fully saturated rings. The van der Waals surface area contributed by atoms with Crippen LogP contribution in [-0.4, -0.2) is 32.7 Å². The predicted octanol–water partition coefficient (Wildman–Crippen LogP) is 5.25. The number of thiophene rings is 1. The first kappa shape index (κ1) is 21.5. The van der Waals surface area contributed by atoms with E-state index in [1.54, 1.807) is 17.5 Å². The summed E-state index contributed by atoms with van der Waals surface area (Å²) >= 11 is 7.33. The molecule has 1 amide bonds. The highest BCUT2D eigenvalue weighted by atomic mass is 32.2. The lowest BCUT2D eigenvalue weighted by atomic mass is 10.0. The Kier molecular flexibility index (Phi) is 6.11. The lowest BCUT2D eigenvalue weighted by Crippen LogP contribution is -2.30. The van der Waals surface area contributed by atoms with E-state index in [1.807, 2.05) is 0 Å². The molecule has 1 aliphatic heterocycles. The van der Waals surface area contributed by atoms with Crippen molar-refractivity contribution in [2.45, 2.75) is 12.6 Å². The molecule has 0 bridgehead atoms. The Morgan fingerprint density at radius 3 is 2.62 bits per heavy atom. The topological polar surface area (TPSA) is 57.6 Å². The minimum atomic E-state index is -4.80. The molecule has 1 aromatic carbocycles. The average Bonchev–Trinajstić information content (AvgIpc) is 3.18. The Balaban J connectivity index is 1.83. The van der Waals surface area contributed by atoms with E-state index >= 15 is 0 Å². The van der Waals surface area contributed by atoms with Crippen LogP contribution in [0.1, 0.15) is 16.9 Å². The van der Waals surface area contributed by atoms with Crippen LogP contribution in [0, 0.1) is 5.82 Å². The summed E-state index contributed by atoms with van der Waals surface area (Å²) in [7, 11) is 0. The molecule has 3 rings (SSSR count). The monoisotopic (exact) mass is 461 g/mol. The van der Waals surface area contributed by atoms with Crippen LogP contribution in [0.2, 0.25) is 0 Å². The van der Waals surface area contributed by atoms with Crippen LogP contribution < -0.4 is 0 Å². The van der Waals surface area contributed by atoms with Gasteiger partial charge >= 0.3 is 12.1 Å². The molecule has 152 valence electrons. The van der Waals surface area contributed by atoms with E-state index in [0.29, 0.717) is 15.3 Å². The third kappa shape index (κ3) is 4.85. The molecular formula is C18H11F4NO3S3. The summed E-state index contributed by atoms with van der Waals surface area (Å²) in [5.74, 6) is -2.82. The fourth-order valence-electron chi connectivity index (χ4n) is 2.53. The van der Waals surface area contributed by atoms with Gasteiger partial charge in [-0.15, -0.1) is 11.3 Å². The average molecular weight is 461 g/mol. The first-order valence-electron chi connectivity index (χ1n) is 7.99. The highest BCUT2D eigenvalue weighted by Gasteiger charge is 2.34. The number of carboxylic acid groups (broad SMARTS) is 1. The van der Waals surface area contributed by atoms with E-state index in [-0.39, 0.29) is 22.8 Å². The van der Waals surface area contributed by atoms with Crippen LogP contribution in [0.25, 0.3) is 17.2 Å². The van der Waals surface area contributed by atoms with Crippen molar-refractivity contribution in [3.05, 3.63) is 50.8 Å². The van der Waals surface area contributed by atoms with E-state index in [4.69, 9.17) is 17.3 Å². The number of rotatable bonds is 5. The van der Waals surface area contributed by atoms with Gasteiger partial charge in [0.25, 0.3) is 5.91 Å². The number of aliphatic carboxylic acids is 1. The van der Waals surface area contributed by atoms with E-state index in [1.165, 1.54) is 22.3 Å². The summed E-state index contributed by atoms with van der Waals surface area (Å²) in [6.45, 7) is -0.0389. The number of alkyl halides is 3. The summed E-state index contributed by atoms with van der Waals surface area (Å²) in [5, 5.41) is 10.4. The second-order valence-electron chi connectivity index (χ2n) is 5.91. The van der Waals surface area contributed by atoms with E-state index in [9.17, 15) is 27.2 Å². The van der Waals surface area contributed by atoms with Crippen molar-refractivity contribution in [2.75, 3.05) is 6.54 Å². The number of hydrogen-bond donors (Lipinski definition) is 1. The van der Waals surface area contributed by atoms with Gasteiger partial charge < -0.3 is 5.11 Å². The van der Waals surface area contributed by atoms with Crippen molar-refractivity contribution in [3.63, 3.8) is 0 Å². The molecule has 1 N–H and O–H groups in total. The van der Waals surface area contributed by atoms with Gasteiger partial charge in [-0.1, -0.05) is 30.0 Å². The van der Waals surface area contributed by atoms with E-state index < -0.39 is 29.4 Å². The fourth-order valence-corrected chi connectivity index (χ4v) is 4.75. The molecule has 11 heteroatoms. The lowest BCUT2D eigenvalue weighted by molar-refractivity contribution is -0.140. The number of thioether (sulfide) groups is 1. The van der Waals surface area contributed by atoms with Gasteiger partial charge in [0.2, 0.25) is 0 Å². The normalized spacial score (nSPS) is 16.1. The van der Waals surface area contributed by atoms with Crippen molar-refractivity contribution in [3.8, 4) is 11.1 Å². The quantitative estimate of drug-likeness (QED) is 0.375. The summed E-state index contributed by atoms with van der Waals surface area (Å²) in [6, 6.07) is 4.35. The Hall–Kier alpha value is -2.24. The van der Waals surface area contributed by atoms with Crippen LogP contribution >= 0.6 is 35.3 Å². The molecule has 29 heavy (non-hydrogen) atoms. The van der Waals surface area contributed by atoms with E-state index in [0.717, 1.165) is 23.9 Å². The molecule has 1 saturated heterocycles. The van der Waals surface area contributed by atoms with Gasteiger partial charge in [-0.3, -0.25) is 14.5 Å². The van der Waals surface area contributed by atoms with Crippen LogP contribution in [0.4, 0.5) is 17.6 Å². The van der Waals surface area contributed by atoms with Crippen molar-refractivity contribution < 1.29 is 32.3 Å². The highest BCUT2D eigenvalue weighted by Crippen LogP contribution is 2.37. The standard InChI is InChI=1S/C18H11F4NO3S3/c19-13-2-1-9(6-12(13)18(20,21)22)10-5-11(28-8-10)7-14-16(26)23(17(27)29-14)4-3-15(24)25/h1-2,5-8H,3-4H2,(H,24,25). The summed E-state index contributed by atoms with van der Waals surface area (Å²) in [5.41, 5.74) is -0.696. The summed E-state index contributed by atoms with van der Waals surface area (Å²) < 4.78 is 52.4. The van der Waals surface area contributed by atoms with Gasteiger partial charge in [0, 0.05) is 11.4 Å². The van der Waals surface area contributed by atoms with Crippen molar-refractivity contribution >= 4 is 57.6 Å². The second kappa shape index (κ2) is 8.25. The number of carbonyl (C=O) groups is 2. The predicted molar refractivity (Wildman–Crippen MR) is 107 cm³/mol. The molecule has 0 spiro atoms. The number of thiocarbonyl (C=S) groups is 1. The van der Waals surface area contributed by atoms with Gasteiger partial charge in [-0.05, 0) is 40.8 Å². The molecule has 1 aliphatic rings. The number of nitrogens with zero attached hydrogens (tertiary/aromatic N) is 1. The molecule has 2 aromatic rings. The molecule has 0 saturated carbocycles. The minimum absolute atomic E-state index is 0.0389. The molecule has 0 unspecified atom stereocenters.